The van der Waals surface area contributed by atoms with Crippen LogP contribution in [-0.4, -0.2) is 78.1 Å². The first-order valence-electron chi connectivity index (χ1n) is 11.0. The van der Waals surface area contributed by atoms with Crippen LogP contribution in [0.4, 0.5) is 4.79 Å². The third kappa shape index (κ3) is 8.54. The third-order valence-corrected chi connectivity index (χ3v) is 4.77. The zero-order valence-corrected chi connectivity index (χ0v) is 20.0. The molecular weight excluding hydrogens is 478 g/mol. The number of epoxide rings is 1. The van der Waals surface area contributed by atoms with Gasteiger partial charge in [0, 0.05) is 0 Å². The van der Waals surface area contributed by atoms with E-state index in [-0.39, 0.29) is 13.2 Å². The number of carbonyl (C=O) groups excluding carboxylic acids is 6. The van der Waals surface area contributed by atoms with Gasteiger partial charge in [0.05, 0.1) is 6.61 Å². The minimum Gasteiger partial charge on any atom is -0.464 e. The van der Waals surface area contributed by atoms with Crippen molar-refractivity contribution in [1.82, 2.24) is 21.1 Å². The zero-order chi connectivity index (χ0) is 26.8. The van der Waals surface area contributed by atoms with E-state index in [9.17, 15) is 28.8 Å². The molecule has 5 amide bonds. The van der Waals surface area contributed by atoms with E-state index in [4.69, 9.17) is 19.9 Å². The lowest BCUT2D eigenvalue weighted by atomic mass is 10.2. The van der Waals surface area contributed by atoms with Crippen molar-refractivity contribution in [1.29, 1.82) is 0 Å². The molecule has 0 unspecified atom stereocenters. The van der Waals surface area contributed by atoms with Crippen molar-refractivity contribution in [2.75, 3.05) is 13.2 Å². The van der Waals surface area contributed by atoms with Gasteiger partial charge < -0.3 is 30.6 Å². The van der Waals surface area contributed by atoms with E-state index in [0.29, 0.717) is 5.01 Å². The molecule has 1 aliphatic heterocycles. The van der Waals surface area contributed by atoms with Gasteiger partial charge in [-0.25, -0.2) is 14.6 Å². The van der Waals surface area contributed by atoms with Gasteiger partial charge in [0.2, 0.25) is 11.8 Å². The van der Waals surface area contributed by atoms with Gasteiger partial charge in [0.1, 0.15) is 25.2 Å². The number of nitrogens with zero attached hydrogens (tertiary/aromatic N) is 1. The fourth-order valence-corrected chi connectivity index (χ4v) is 2.83. The summed E-state index contributed by atoms with van der Waals surface area (Å²) in [6.45, 7) is 3.66. The van der Waals surface area contributed by atoms with Crippen molar-refractivity contribution >= 4 is 35.7 Å². The number of esters is 1. The highest BCUT2D eigenvalue weighted by molar-refractivity contribution is 5.96. The molecule has 14 nitrogen and oxygen atoms in total. The minimum absolute atomic E-state index is 0.00524. The molecule has 4 atom stereocenters. The largest absolute Gasteiger partial charge is 0.464 e. The SMILES string of the molecule is CCOC(=O)[C@H]1O[C@H]1C(=O)N(CC(N)=O)NC(=O)[C@H](C)NC(=O)[C@H](C)NC(=O)OCc1ccccc1. The Morgan fingerprint density at radius 3 is 2.22 bits per heavy atom. The quantitative estimate of drug-likeness (QED) is 0.156. The first-order chi connectivity index (χ1) is 17.0. The molecule has 0 saturated carbocycles. The summed E-state index contributed by atoms with van der Waals surface area (Å²) in [5.41, 5.74) is 8.06. The van der Waals surface area contributed by atoms with Crippen molar-refractivity contribution in [2.45, 2.75) is 51.7 Å². The Kier molecular flexibility index (Phi) is 10.2. The molecule has 0 aromatic heterocycles. The lowest BCUT2D eigenvalue weighted by Crippen LogP contribution is -2.57. The maximum absolute atomic E-state index is 12.6. The van der Waals surface area contributed by atoms with Gasteiger partial charge in [0.25, 0.3) is 11.8 Å². The number of primary amides is 1. The molecule has 1 fully saturated rings. The number of alkyl carbamates (subject to hydrolysis) is 1. The van der Waals surface area contributed by atoms with Crippen LogP contribution in [-0.2, 0) is 44.8 Å². The monoisotopic (exact) mass is 507 g/mol. The third-order valence-electron chi connectivity index (χ3n) is 4.77. The van der Waals surface area contributed by atoms with E-state index in [1.165, 1.54) is 13.8 Å². The lowest BCUT2D eigenvalue weighted by molar-refractivity contribution is -0.146. The second-order valence-electron chi connectivity index (χ2n) is 7.75. The van der Waals surface area contributed by atoms with E-state index in [1.807, 2.05) is 6.07 Å². The summed E-state index contributed by atoms with van der Waals surface area (Å²) in [5.74, 6) is -4.18. The second kappa shape index (κ2) is 13.0. The number of hydrogen-bond acceptors (Lipinski definition) is 9. The predicted octanol–water partition coefficient (Wildman–Crippen LogP) is -1.52. The molecule has 0 bridgehead atoms. The number of nitrogens with two attached hydrogens (primary N) is 1. The van der Waals surface area contributed by atoms with E-state index in [1.54, 1.807) is 31.2 Å². The van der Waals surface area contributed by atoms with Crippen molar-refractivity contribution in [2.24, 2.45) is 5.73 Å². The summed E-state index contributed by atoms with van der Waals surface area (Å²) in [6.07, 6.45) is -3.24. The molecule has 0 spiro atoms. The minimum atomic E-state index is -1.25. The van der Waals surface area contributed by atoms with Crippen LogP contribution < -0.4 is 21.8 Å². The summed E-state index contributed by atoms with van der Waals surface area (Å²) >= 11 is 0. The lowest BCUT2D eigenvalue weighted by Gasteiger charge is -2.24. The van der Waals surface area contributed by atoms with E-state index in [0.717, 1.165) is 5.56 Å². The number of nitrogens with one attached hydrogen (secondary N) is 3. The van der Waals surface area contributed by atoms with E-state index >= 15 is 0 Å². The Bertz CT molecular complexity index is 987. The van der Waals surface area contributed by atoms with Gasteiger partial charge in [-0.15, -0.1) is 0 Å². The normalized spacial score (nSPS) is 17.5. The molecule has 1 heterocycles. The summed E-state index contributed by atoms with van der Waals surface area (Å²) in [4.78, 5) is 72.4. The Hall–Kier alpha value is -4.20. The molecule has 1 aromatic carbocycles. The maximum Gasteiger partial charge on any atom is 0.408 e. The number of benzene rings is 1. The number of rotatable bonds is 11. The van der Waals surface area contributed by atoms with Gasteiger partial charge >= 0.3 is 12.1 Å². The molecule has 0 aliphatic carbocycles. The summed E-state index contributed by atoms with van der Waals surface area (Å²) < 4.78 is 14.8. The molecule has 36 heavy (non-hydrogen) atoms. The van der Waals surface area contributed by atoms with Crippen molar-refractivity contribution in [3.8, 4) is 0 Å². The Morgan fingerprint density at radius 1 is 0.972 bits per heavy atom. The summed E-state index contributed by atoms with van der Waals surface area (Å²) in [7, 11) is 0. The number of amides is 5. The van der Waals surface area contributed by atoms with Crippen LogP contribution in [0.5, 0.6) is 0 Å². The summed E-state index contributed by atoms with van der Waals surface area (Å²) in [6, 6.07) is 6.67. The van der Waals surface area contributed by atoms with Crippen LogP contribution in [0.2, 0.25) is 0 Å². The van der Waals surface area contributed by atoms with Crippen molar-refractivity contribution < 1.29 is 43.0 Å². The van der Waals surface area contributed by atoms with Crippen LogP contribution in [0.15, 0.2) is 30.3 Å². The zero-order valence-electron chi connectivity index (χ0n) is 20.0. The second-order valence-corrected chi connectivity index (χ2v) is 7.75. The van der Waals surface area contributed by atoms with Crippen molar-refractivity contribution in [3.05, 3.63) is 35.9 Å². The Balaban J connectivity index is 1.85. The Morgan fingerprint density at radius 2 is 1.61 bits per heavy atom. The topological polar surface area (TPSA) is 199 Å². The first kappa shape index (κ1) is 28.0. The van der Waals surface area contributed by atoms with E-state index < -0.39 is 66.5 Å². The molecule has 0 radical (unpaired) electrons. The highest BCUT2D eigenvalue weighted by Gasteiger charge is 2.53. The number of hydrogen-bond donors (Lipinski definition) is 4. The van der Waals surface area contributed by atoms with Crippen LogP contribution in [0.1, 0.15) is 26.3 Å². The molecule has 196 valence electrons. The summed E-state index contributed by atoms with van der Waals surface area (Å²) in [5, 5.41) is 5.30. The molecule has 5 N–H and O–H groups in total. The van der Waals surface area contributed by atoms with Crippen LogP contribution >= 0.6 is 0 Å². The van der Waals surface area contributed by atoms with Gasteiger partial charge in [-0.2, -0.15) is 0 Å². The smallest absolute Gasteiger partial charge is 0.408 e. The van der Waals surface area contributed by atoms with Gasteiger partial charge in [-0.1, -0.05) is 30.3 Å². The molecule has 1 aromatic rings. The maximum atomic E-state index is 12.6. The van der Waals surface area contributed by atoms with Crippen molar-refractivity contribution in [3.63, 3.8) is 0 Å². The molecule has 2 rings (SSSR count). The van der Waals surface area contributed by atoms with Crippen LogP contribution in [0.25, 0.3) is 0 Å². The molecule has 1 saturated heterocycles. The van der Waals surface area contributed by atoms with Gasteiger partial charge in [-0.05, 0) is 26.3 Å². The molecule has 14 heteroatoms. The highest BCUT2D eigenvalue weighted by atomic mass is 16.6. The fourth-order valence-electron chi connectivity index (χ4n) is 2.83. The van der Waals surface area contributed by atoms with Crippen LogP contribution in [0.3, 0.4) is 0 Å². The number of ether oxygens (including phenoxy) is 3. The first-order valence-corrected chi connectivity index (χ1v) is 11.0. The number of carbonyl (C=O) groups is 6. The van der Waals surface area contributed by atoms with Crippen LogP contribution in [0, 0.1) is 0 Å². The fraction of sp³-hybridized carbons (Fsp3) is 0.455. The average Bonchev–Trinajstić information content (AvgIpc) is 3.63. The molecule has 1 aliphatic rings. The van der Waals surface area contributed by atoms with E-state index in [2.05, 4.69) is 16.1 Å². The predicted molar refractivity (Wildman–Crippen MR) is 121 cm³/mol. The highest BCUT2D eigenvalue weighted by Crippen LogP contribution is 2.25. The average molecular weight is 508 g/mol. The van der Waals surface area contributed by atoms with Gasteiger partial charge in [-0.3, -0.25) is 24.6 Å². The van der Waals surface area contributed by atoms with Gasteiger partial charge in [0.15, 0.2) is 12.2 Å². The standard InChI is InChI=1S/C22H29N5O9/c1-4-34-21(32)17-16(36-17)20(31)27(10-15(23)28)26-19(30)13(3)24-18(29)12(2)25-22(33)35-11-14-8-6-5-7-9-14/h5-9,12-13,16-17H,4,10-11H2,1-3H3,(H2,23,28)(H,24,29)(H,25,33)(H,26,30)/t12-,13-,16+,17-/m0/s1. The number of hydrazine groups is 1. The molecular formula is C22H29N5O9. The Labute approximate surface area is 206 Å².